The van der Waals surface area contributed by atoms with Crippen LogP contribution in [0.2, 0.25) is 0 Å². The van der Waals surface area contributed by atoms with Gasteiger partial charge < -0.3 is 4.90 Å². The summed E-state index contributed by atoms with van der Waals surface area (Å²) in [5.41, 5.74) is 1.06. The van der Waals surface area contributed by atoms with Crippen LogP contribution in [0.15, 0.2) is 18.2 Å². The number of anilines is 1. The van der Waals surface area contributed by atoms with Crippen LogP contribution in [-0.4, -0.2) is 23.3 Å². The van der Waals surface area contributed by atoms with Gasteiger partial charge in [-0.3, -0.25) is 14.9 Å². The van der Waals surface area contributed by atoms with E-state index in [0.29, 0.717) is 17.3 Å². The Morgan fingerprint density at radius 3 is 2.75 bits per heavy atom. The van der Waals surface area contributed by atoms with Gasteiger partial charge >= 0.3 is 0 Å². The predicted octanol–water partition coefficient (Wildman–Crippen LogP) is 3.57. The molecule has 0 bridgehead atoms. The van der Waals surface area contributed by atoms with Crippen molar-refractivity contribution in [3.8, 4) is 0 Å². The molecule has 5 nitrogen and oxygen atoms in total. The fraction of sp³-hybridized carbons (Fsp3) is 0.533. The topological polar surface area (TPSA) is 63.5 Å². The molecule has 2 rings (SSSR count). The Labute approximate surface area is 118 Å². The summed E-state index contributed by atoms with van der Waals surface area (Å²) in [5.74, 6) is -0.149. The van der Waals surface area contributed by atoms with E-state index < -0.39 is 0 Å². The summed E-state index contributed by atoms with van der Waals surface area (Å²) in [5, 5.41) is 11.3. The first-order chi connectivity index (χ1) is 9.50. The molecule has 20 heavy (non-hydrogen) atoms. The highest BCUT2D eigenvalue weighted by Crippen LogP contribution is 2.33. The molecule has 1 aliphatic heterocycles. The molecule has 0 spiro atoms. The molecule has 1 unspecified atom stereocenters. The van der Waals surface area contributed by atoms with Gasteiger partial charge in [0.15, 0.2) is 5.78 Å². The Balaban J connectivity index is 2.43. The van der Waals surface area contributed by atoms with Gasteiger partial charge in [0.1, 0.15) is 5.69 Å². The second-order valence-electron chi connectivity index (χ2n) is 5.41. The van der Waals surface area contributed by atoms with E-state index in [-0.39, 0.29) is 16.4 Å². The van der Waals surface area contributed by atoms with Gasteiger partial charge in [0.05, 0.1) is 4.92 Å². The summed E-state index contributed by atoms with van der Waals surface area (Å²) in [6.45, 7) is 4.36. The normalized spacial score (nSPS) is 19.5. The molecule has 1 fully saturated rings. The molecule has 0 radical (unpaired) electrons. The lowest BCUT2D eigenvalue weighted by atomic mass is 10.1. The third-order valence-corrected chi connectivity index (χ3v) is 3.94. The molecule has 1 aromatic rings. The maximum atomic E-state index is 11.4. The Morgan fingerprint density at radius 1 is 1.35 bits per heavy atom. The van der Waals surface area contributed by atoms with Gasteiger partial charge in [0, 0.05) is 24.2 Å². The predicted molar refractivity (Wildman–Crippen MR) is 78.4 cm³/mol. The summed E-state index contributed by atoms with van der Waals surface area (Å²) in [6, 6.07) is 5.09. The van der Waals surface area contributed by atoms with Crippen LogP contribution in [-0.2, 0) is 0 Å². The zero-order valence-corrected chi connectivity index (χ0v) is 12.0. The summed E-state index contributed by atoms with van der Waals surface area (Å²) in [7, 11) is 0. The molecule has 0 aromatic heterocycles. The number of nitro groups is 1. The molecule has 1 aliphatic rings. The van der Waals surface area contributed by atoms with E-state index in [0.717, 1.165) is 25.8 Å². The zero-order valence-electron chi connectivity index (χ0n) is 12.0. The Hall–Kier alpha value is -1.91. The molecule has 1 aromatic carbocycles. The van der Waals surface area contributed by atoms with Crippen LogP contribution in [0.5, 0.6) is 0 Å². The number of nitro benzene ring substituents is 1. The van der Waals surface area contributed by atoms with Gasteiger partial charge in [0.2, 0.25) is 0 Å². The van der Waals surface area contributed by atoms with E-state index in [1.807, 2.05) is 0 Å². The number of hydrogen-bond donors (Lipinski definition) is 0. The van der Waals surface area contributed by atoms with Gasteiger partial charge in [-0.05, 0) is 38.8 Å². The van der Waals surface area contributed by atoms with E-state index in [2.05, 4.69) is 11.8 Å². The first-order valence-electron chi connectivity index (χ1n) is 7.06. The van der Waals surface area contributed by atoms with E-state index in [9.17, 15) is 14.9 Å². The highest BCUT2D eigenvalue weighted by atomic mass is 16.6. The van der Waals surface area contributed by atoms with Crippen LogP contribution in [0, 0.1) is 10.1 Å². The van der Waals surface area contributed by atoms with Crippen LogP contribution >= 0.6 is 0 Å². The van der Waals surface area contributed by atoms with Crippen LogP contribution in [0.3, 0.4) is 0 Å². The molecule has 1 atom stereocenters. The highest BCUT2D eigenvalue weighted by Gasteiger charge is 2.25. The number of carbonyl (C=O) groups is 1. The third kappa shape index (κ3) is 2.98. The van der Waals surface area contributed by atoms with Crippen molar-refractivity contribution in [1.82, 2.24) is 0 Å². The third-order valence-electron chi connectivity index (χ3n) is 3.94. The second kappa shape index (κ2) is 6.03. The van der Waals surface area contributed by atoms with Crippen molar-refractivity contribution in [3.63, 3.8) is 0 Å². The summed E-state index contributed by atoms with van der Waals surface area (Å²) in [6.07, 6.45) is 4.43. The van der Waals surface area contributed by atoms with Crippen molar-refractivity contribution in [2.75, 3.05) is 11.4 Å². The monoisotopic (exact) mass is 276 g/mol. The van der Waals surface area contributed by atoms with Crippen molar-refractivity contribution in [1.29, 1.82) is 0 Å². The number of carbonyl (C=O) groups excluding carboxylic acids is 1. The van der Waals surface area contributed by atoms with Crippen molar-refractivity contribution in [2.45, 2.75) is 45.6 Å². The lowest BCUT2D eigenvalue weighted by Crippen LogP contribution is -2.33. The van der Waals surface area contributed by atoms with Gasteiger partial charge in [-0.1, -0.05) is 12.8 Å². The quantitative estimate of drug-likeness (QED) is 0.481. The number of nitrogens with zero attached hydrogens (tertiary/aromatic N) is 2. The standard InChI is InChI=1S/C15H20N2O3/c1-11-6-4-3-5-9-16(11)14-8-7-13(12(2)18)10-15(14)17(19)20/h7-8,10-11H,3-6,9H2,1-2H3. The van der Waals surface area contributed by atoms with Crippen LogP contribution in [0.4, 0.5) is 11.4 Å². The molecule has 1 heterocycles. The number of ketones is 1. The van der Waals surface area contributed by atoms with Crippen molar-refractivity contribution in [2.24, 2.45) is 0 Å². The number of hydrogen-bond acceptors (Lipinski definition) is 4. The zero-order chi connectivity index (χ0) is 14.7. The fourth-order valence-electron chi connectivity index (χ4n) is 2.76. The van der Waals surface area contributed by atoms with Crippen LogP contribution in [0.25, 0.3) is 0 Å². The first kappa shape index (κ1) is 14.5. The number of benzene rings is 1. The molecular weight excluding hydrogens is 256 g/mol. The van der Waals surface area contributed by atoms with Crippen molar-refractivity contribution in [3.05, 3.63) is 33.9 Å². The Morgan fingerprint density at radius 2 is 2.10 bits per heavy atom. The SMILES string of the molecule is CC(=O)c1ccc(N2CCCCCC2C)c([N+](=O)[O-])c1. The molecule has 5 heteroatoms. The Kier molecular flexibility index (Phi) is 4.37. The summed E-state index contributed by atoms with van der Waals surface area (Å²) in [4.78, 5) is 24.4. The van der Waals surface area contributed by atoms with E-state index in [1.165, 1.54) is 19.4 Å². The summed E-state index contributed by atoms with van der Waals surface area (Å²) >= 11 is 0. The lowest BCUT2D eigenvalue weighted by molar-refractivity contribution is -0.384. The smallest absolute Gasteiger partial charge is 0.293 e. The van der Waals surface area contributed by atoms with E-state index >= 15 is 0 Å². The molecular formula is C15H20N2O3. The largest absolute Gasteiger partial charge is 0.363 e. The molecule has 0 saturated carbocycles. The minimum Gasteiger partial charge on any atom is -0.363 e. The van der Waals surface area contributed by atoms with Crippen LogP contribution < -0.4 is 4.90 Å². The Bertz CT molecular complexity index is 528. The average Bonchev–Trinajstić information content (AvgIpc) is 2.62. The van der Waals surface area contributed by atoms with Crippen LogP contribution in [0.1, 0.15) is 49.9 Å². The molecule has 0 amide bonds. The molecule has 0 N–H and O–H groups in total. The van der Waals surface area contributed by atoms with Crippen molar-refractivity contribution >= 4 is 17.2 Å². The number of rotatable bonds is 3. The molecule has 108 valence electrons. The average molecular weight is 276 g/mol. The molecule has 0 aliphatic carbocycles. The first-order valence-corrected chi connectivity index (χ1v) is 7.06. The van der Waals surface area contributed by atoms with Gasteiger partial charge in [-0.2, -0.15) is 0 Å². The number of Topliss-reactive ketones (excluding diaryl/α,β-unsaturated/α-hetero) is 1. The molecule has 1 saturated heterocycles. The second-order valence-corrected chi connectivity index (χ2v) is 5.41. The fourth-order valence-corrected chi connectivity index (χ4v) is 2.76. The van der Waals surface area contributed by atoms with Gasteiger partial charge in [-0.25, -0.2) is 0 Å². The van der Waals surface area contributed by atoms with E-state index in [4.69, 9.17) is 0 Å². The minimum atomic E-state index is -0.389. The van der Waals surface area contributed by atoms with Crippen molar-refractivity contribution < 1.29 is 9.72 Å². The van der Waals surface area contributed by atoms with Gasteiger partial charge in [0.25, 0.3) is 5.69 Å². The van der Waals surface area contributed by atoms with E-state index in [1.54, 1.807) is 12.1 Å². The maximum absolute atomic E-state index is 11.4. The van der Waals surface area contributed by atoms with Gasteiger partial charge in [-0.15, -0.1) is 0 Å². The minimum absolute atomic E-state index is 0.0338. The highest BCUT2D eigenvalue weighted by molar-refractivity contribution is 5.95. The maximum Gasteiger partial charge on any atom is 0.293 e. The lowest BCUT2D eigenvalue weighted by Gasteiger charge is -2.29. The summed E-state index contributed by atoms with van der Waals surface area (Å²) < 4.78 is 0.